The van der Waals surface area contributed by atoms with Crippen molar-refractivity contribution < 1.29 is 18.3 Å². The first kappa shape index (κ1) is 21.0. The standard InChI is InChI=1S/C24H31F2N3O2/c25-18-6-7-21(26)20(8-18)23-22(27)9-19(14-31-23)28-10-16-12-29(13-17(16)11-28)24(30)15-4-2-1-3-5-15/h6-8,15,19,22-23H,1-5,9-14,27H2/t19-,22?,23-/m1/s1. The van der Waals surface area contributed by atoms with Crippen molar-refractivity contribution in [2.24, 2.45) is 11.7 Å². The van der Waals surface area contributed by atoms with Crippen LogP contribution < -0.4 is 5.73 Å². The second kappa shape index (κ2) is 8.60. The zero-order valence-electron chi connectivity index (χ0n) is 17.9. The van der Waals surface area contributed by atoms with E-state index in [2.05, 4.69) is 4.90 Å². The van der Waals surface area contributed by atoms with Gasteiger partial charge in [-0.15, -0.1) is 0 Å². The Kier molecular flexibility index (Phi) is 5.84. The van der Waals surface area contributed by atoms with Gasteiger partial charge in [0.1, 0.15) is 17.7 Å². The summed E-state index contributed by atoms with van der Waals surface area (Å²) >= 11 is 0. The minimum absolute atomic E-state index is 0.149. The maximum Gasteiger partial charge on any atom is 0.226 e. The third-order valence-electron chi connectivity index (χ3n) is 7.50. The predicted octanol–water partition coefficient (Wildman–Crippen LogP) is 3.16. The lowest BCUT2D eigenvalue weighted by molar-refractivity contribution is -0.135. The fourth-order valence-electron chi connectivity index (χ4n) is 5.78. The molecule has 1 aliphatic carbocycles. The molecule has 0 aromatic heterocycles. The van der Waals surface area contributed by atoms with Gasteiger partial charge in [0.2, 0.25) is 5.91 Å². The van der Waals surface area contributed by atoms with Crippen LogP contribution in [0.5, 0.6) is 0 Å². The van der Waals surface area contributed by atoms with Crippen LogP contribution >= 0.6 is 0 Å². The van der Waals surface area contributed by atoms with E-state index in [1.807, 2.05) is 4.90 Å². The lowest BCUT2D eigenvalue weighted by atomic mass is 9.88. The molecule has 2 N–H and O–H groups in total. The molecule has 0 radical (unpaired) electrons. The van der Waals surface area contributed by atoms with Gasteiger partial charge in [0.05, 0.1) is 6.61 Å². The average Bonchev–Trinajstić information content (AvgIpc) is 3.35. The maximum absolute atomic E-state index is 14.2. The van der Waals surface area contributed by atoms with Crippen LogP contribution in [-0.2, 0) is 9.53 Å². The Bertz CT molecular complexity index is 866. The topological polar surface area (TPSA) is 58.8 Å². The van der Waals surface area contributed by atoms with E-state index in [9.17, 15) is 13.6 Å². The van der Waals surface area contributed by atoms with E-state index in [1.54, 1.807) is 0 Å². The Morgan fingerprint density at radius 2 is 1.74 bits per heavy atom. The number of nitrogens with two attached hydrogens (primary N) is 1. The van der Waals surface area contributed by atoms with Crippen LogP contribution in [0.4, 0.5) is 8.78 Å². The first-order chi connectivity index (χ1) is 15.0. The number of ether oxygens (including phenoxy) is 1. The molecule has 0 spiro atoms. The molecule has 3 aliphatic heterocycles. The molecule has 4 aliphatic rings. The van der Waals surface area contributed by atoms with E-state index in [-0.39, 0.29) is 17.5 Å². The fraction of sp³-hybridized carbons (Fsp3) is 0.625. The molecular formula is C24H31F2N3O2. The van der Waals surface area contributed by atoms with Gasteiger partial charge in [0, 0.05) is 49.7 Å². The van der Waals surface area contributed by atoms with Gasteiger partial charge >= 0.3 is 0 Å². The van der Waals surface area contributed by atoms with Crippen molar-refractivity contribution in [1.29, 1.82) is 0 Å². The fourth-order valence-corrected chi connectivity index (χ4v) is 5.78. The molecule has 0 bridgehead atoms. The van der Waals surface area contributed by atoms with E-state index in [0.717, 1.165) is 51.2 Å². The lowest BCUT2D eigenvalue weighted by Crippen LogP contribution is -2.49. The van der Waals surface area contributed by atoms with Crippen LogP contribution in [0.15, 0.2) is 29.3 Å². The van der Waals surface area contributed by atoms with Crippen molar-refractivity contribution in [2.45, 2.75) is 56.7 Å². The third kappa shape index (κ3) is 4.15. The van der Waals surface area contributed by atoms with Crippen molar-refractivity contribution in [3.05, 3.63) is 46.5 Å². The molecule has 1 aromatic rings. The summed E-state index contributed by atoms with van der Waals surface area (Å²) in [5.74, 6) is -0.412. The van der Waals surface area contributed by atoms with Crippen LogP contribution in [-0.4, -0.2) is 60.6 Å². The molecule has 31 heavy (non-hydrogen) atoms. The third-order valence-corrected chi connectivity index (χ3v) is 7.50. The monoisotopic (exact) mass is 431 g/mol. The highest BCUT2D eigenvalue weighted by Gasteiger charge is 2.40. The highest BCUT2D eigenvalue weighted by Crippen LogP contribution is 2.35. The maximum atomic E-state index is 14.2. The normalized spacial score (nSPS) is 30.2. The van der Waals surface area contributed by atoms with E-state index in [1.165, 1.54) is 36.5 Å². The van der Waals surface area contributed by atoms with E-state index >= 15 is 0 Å². The zero-order valence-corrected chi connectivity index (χ0v) is 17.9. The smallest absolute Gasteiger partial charge is 0.226 e. The molecule has 1 saturated carbocycles. The van der Waals surface area contributed by atoms with E-state index in [4.69, 9.17) is 10.5 Å². The summed E-state index contributed by atoms with van der Waals surface area (Å²) in [6.07, 6.45) is 5.73. The van der Waals surface area contributed by atoms with E-state index < -0.39 is 23.8 Å². The molecule has 3 heterocycles. The lowest BCUT2D eigenvalue weighted by Gasteiger charge is -2.39. The first-order valence-electron chi connectivity index (χ1n) is 11.5. The van der Waals surface area contributed by atoms with Crippen molar-refractivity contribution >= 4 is 5.91 Å². The molecule has 2 fully saturated rings. The Hall–Kier alpha value is -1.83. The van der Waals surface area contributed by atoms with Gasteiger partial charge < -0.3 is 15.4 Å². The van der Waals surface area contributed by atoms with Crippen molar-refractivity contribution in [1.82, 2.24) is 9.80 Å². The van der Waals surface area contributed by atoms with Gasteiger partial charge in [-0.05, 0) is 48.6 Å². The number of carbonyl (C=O) groups is 1. The number of nitrogens with zero attached hydrogens (tertiary/aromatic N) is 2. The second-order valence-electron chi connectivity index (χ2n) is 9.61. The summed E-state index contributed by atoms with van der Waals surface area (Å²) in [6, 6.07) is 3.17. The highest BCUT2D eigenvalue weighted by molar-refractivity contribution is 5.80. The second-order valence-corrected chi connectivity index (χ2v) is 9.61. The summed E-state index contributed by atoms with van der Waals surface area (Å²) in [4.78, 5) is 17.3. The number of carbonyl (C=O) groups excluding carboxylic acids is 1. The Balaban J connectivity index is 1.16. The Morgan fingerprint density at radius 3 is 2.42 bits per heavy atom. The first-order valence-corrected chi connectivity index (χ1v) is 11.5. The summed E-state index contributed by atoms with van der Waals surface area (Å²) in [6.45, 7) is 3.61. The molecule has 1 aromatic carbocycles. The largest absolute Gasteiger partial charge is 0.370 e. The van der Waals surface area contributed by atoms with Gasteiger partial charge in [-0.1, -0.05) is 19.3 Å². The minimum Gasteiger partial charge on any atom is -0.370 e. The summed E-state index contributed by atoms with van der Waals surface area (Å²) in [5, 5.41) is 0. The number of amides is 1. The number of rotatable bonds is 3. The molecule has 7 heteroatoms. The molecule has 1 amide bonds. The minimum atomic E-state index is -0.627. The summed E-state index contributed by atoms with van der Waals surface area (Å²) in [5.41, 5.74) is 9.25. The van der Waals surface area contributed by atoms with Crippen LogP contribution in [0.25, 0.3) is 0 Å². The van der Waals surface area contributed by atoms with E-state index in [0.29, 0.717) is 18.9 Å². The quantitative estimate of drug-likeness (QED) is 0.747. The number of hydrogen-bond acceptors (Lipinski definition) is 4. The SMILES string of the molecule is NC1C[C@@H](N2CC3=C(CN(C(=O)C4CCCCC4)C3)C2)CO[C@@H]1c1cc(F)ccc1F. The van der Waals surface area contributed by atoms with Gasteiger partial charge in [-0.2, -0.15) is 0 Å². The number of benzene rings is 1. The highest BCUT2D eigenvalue weighted by atomic mass is 19.1. The zero-order chi connectivity index (χ0) is 21.5. The van der Waals surface area contributed by atoms with Gasteiger partial charge in [0.15, 0.2) is 0 Å². The molecule has 5 rings (SSSR count). The Labute approximate surface area is 182 Å². The van der Waals surface area contributed by atoms with Gasteiger partial charge in [-0.25, -0.2) is 8.78 Å². The van der Waals surface area contributed by atoms with Crippen molar-refractivity contribution in [3.8, 4) is 0 Å². The molecule has 1 unspecified atom stereocenters. The molecule has 168 valence electrons. The molecule has 3 atom stereocenters. The number of hydrogen-bond donors (Lipinski definition) is 1. The summed E-state index contributed by atoms with van der Waals surface area (Å²) < 4.78 is 33.7. The predicted molar refractivity (Wildman–Crippen MR) is 113 cm³/mol. The van der Waals surface area contributed by atoms with Crippen LogP contribution in [0.2, 0.25) is 0 Å². The molecule has 5 nitrogen and oxygen atoms in total. The van der Waals surface area contributed by atoms with Crippen molar-refractivity contribution in [2.75, 3.05) is 32.8 Å². The number of halogens is 2. The summed E-state index contributed by atoms with van der Waals surface area (Å²) in [7, 11) is 0. The van der Waals surface area contributed by atoms with Crippen LogP contribution in [0.3, 0.4) is 0 Å². The van der Waals surface area contributed by atoms with Crippen LogP contribution in [0.1, 0.15) is 50.2 Å². The molecular weight excluding hydrogens is 400 g/mol. The van der Waals surface area contributed by atoms with Gasteiger partial charge in [-0.3, -0.25) is 9.69 Å². The van der Waals surface area contributed by atoms with Crippen molar-refractivity contribution in [3.63, 3.8) is 0 Å². The molecule has 1 saturated heterocycles. The Morgan fingerprint density at radius 1 is 1.03 bits per heavy atom. The van der Waals surface area contributed by atoms with Gasteiger partial charge in [0.25, 0.3) is 0 Å². The van der Waals surface area contributed by atoms with Crippen LogP contribution in [0, 0.1) is 17.6 Å². The average molecular weight is 432 g/mol.